The highest BCUT2D eigenvalue weighted by Gasteiger charge is 2.32. The van der Waals surface area contributed by atoms with Gasteiger partial charge in [0.25, 0.3) is 0 Å². The van der Waals surface area contributed by atoms with Crippen molar-refractivity contribution in [2.45, 2.75) is 6.04 Å². The van der Waals surface area contributed by atoms with E-state index in [-0.39, 0.29) is 0 Å². The molecule has 0 amide bonds. The molecular weight excluding hydrogens is 342 g/mol. The second-order valence-corrected chi connectivity index (χ2v) is 6.75. The number of aromatic nitrogens is 1. The van der Waals surface area contributed by atoms with Gasteiger partial charge < -0.3 is 19.7 Å². The lowest BCUT2D eigenvalue weighted by atomic mass is 10.0. The zero-order valence-electron chi connectivity index (χ0n) is 15.3. The Morgan fingerprint density at radius 1 is 1.07 bits per heavy atom. The van der Waals surface area contributed by atoms with Crippen LogP contribution in [-0.4, -0.2) is 54.2 Å². The molecule has 6 nitrogen and oxygen atoms in total. The van der Waals surface area contributed by atoms with Crippen LogP contribution in [0.1, 0.15) is 11.6 Å². The summed E-state index contributed by atoms with van der Waals surface area (Å²) in [7, 11) is 1.66. The molecule has 2 N–H and O–H groups in total. The molecule has 27 heavy (non-hydrogen) atoms. The van der Waals surface area contributed by atoms with Gasteiger partial charge in [0.05, 0.1) is 7.11 Å². The van der Waals surface area contributed by atoms with Crippen molar-refractivity contribution in [3.63, 3.8) is 0 Å². The van der Waals surface area contributed by atoms with Crippen LogP contribution in [0.3, 0.4) is 0 Å². The van der Waals surface area contributed by atoms with E-state index >= 15 is 0 Å². The predicted molar refractivity (Wildman–Crippen MR) is 105 cm³/mol. The Morgan fingerprint density at radius 2 is 1.78 bits per heavy atom. The second kappa shape index (κ2) is 7.32. The van der Waals surface area contributed by atoms with E-state index in [9.17, 15) is 9.90 Å². The molecule has 0 unspecified atom stereocenters. The molecule has 1 fully saturated rings. The number of ether oxygens (including phenoxy) is 1. The van der Waals surface area contributed by atoms with Gasteiger partial charge in [-0.3, -0.25) is 9.69 Å². The first kappa shape index (κ1) is 17.4. The molecule has 3 aromatic rings. The van der Waals surface area contributed by atoms with E-state index in [1.807, 2.05) is 54.7 Å². The van der Waals surface area contributed by atoms with E-state index in [0.29, 0.717) is 13.1 Å². The van der Waals surface area contributed by atoms with Gasteiger partial charge in [-0.25, -0.2) is 0 Å². The largest absolute Gasteiger partial charge is 0.497 e. The minimum absolute atomic E-state index is 0.640. The fraction of sp³-hybridized carbons (Fsp3) is 0.286. The van der Waals surface area contributed by atoms with Crippen LogP contribution >= 0.6 is 0 Å². The zero-order chi connectivity index (χ0) is 18.8. The van der Waals surface area contributed by atoms with Crippen molar-refractivity contribution in [3.05, 3.63) is 60.3 Å². The Balaban J connectivity index is 1.51. The first-order valence-corrected chi connectivity index (χ1v) is 9.09. The van der Waals surface area contributed by atoms with E-state index in [4.69, 9.17) is 4.74 Å². The topological polar surface area (TPSA) is 68.8 Å². The van der Waals surface area contributed by atoms with Crippen LogP contribution in [0.25, 0.3) is 10.9 Å². The molecule has 0 spiro atoms. The molecule has 0 radical (unpaired) electrons. The summed E-state index contributed by atoms with van der Waals surface area (Å²) in [4.78, 5) is 19.6. The molecule has 0 aliphatic carbocycles. The van der Waals surface area contributed by atoms with Gasteiger partial charge in [0.2, 0.25) is 0 Å². The molecule has 0 bridgehead atoms. The SMILES string of the molecule is COc1ccc(N2CCN([C@H](C(=O)O)c3c[nH]c4ccccc34)CC2)cc1. The van der Waals surface area contributed by atoms with Gasteiger partial charge in [-0.1, -0.05) is 18.2 Å². The third-order valence-electron chi connectivity index (χ3n) is 5.27. The van der Waals surface area contributed by atoms with Gasteiger partial charge in [0.1, 0.15) is 11.8 Å². The number of para-hydroxylation sites is 1. The summed E-state index contributed by atoms with van der Waals surface area (Å²) in [5.41, 5.74) is 2.93. The number of H-pyrrole nitrogens is 1. The number of hydrogen-bond donors (Lipinski definition) is 2. The third kappa shape index (κ3) is 3.36. The summed E-state index contributed by atoms with van der Waals surface area (Å²) >= 11 is 0. The van der Waals surface area contributed by atoms with Crippen molar-refractivity contribution in [1.82, 2.24) is 9.88 Å². The fourth-order valence-electron chi connectivity index (χ4n) is 3.84. The van der Waals surface area contributed by atoms with Gasteiger partial charge in [0.15, 0.2) is 0 Å². The number of nitrogens with one attached hydrogen (secondary N) is 1. The third-order valence-corrected chi connectivity index (χ3v) is 5.27. The summed E-state index contributed by atoms with van der Waals surface area (Å²) in [5.74, 6) is 0.0281. The molecular formula is C21H23N3O3. The summed E-state index contributed by atoms with van der Waals surface area (Å²) in [6.45, 7) is 2.97. The molecule has 1 aliphatic rings. The van der Waals surface area contributed by atoms with E-state index in [1.54, 1.807) is 7.11 Å². The van der Waals surface area contributed by atoms with Gasteiger partial charge >= 0.3 is 5.97 Å². The van der Waals surface area contributed by atoms with Crippen molar-refractivity contribution in [3.8, 4) is 5.75 Å². The van der Waals surface area contributed by atoms with E-state index in [2.05, 4.69) is 14.8 Å². The normalized spacial score (nSPS) is 16.4. The highest BCUT2D eigenvalue weighted by Crippen LogP contribution is 2.30. The fourth-order valence-corrected chi connectivity index (χ4v) is 3.84. The molecule has 0 saturated carbocycles. The van der Waals surface area contributed by atoms with Crippen LogP contribution in [-0.2, 0) is 4.79 Å². The van der Waals surface area contributed by atoms with E-state index < -0.39 is 12.0 Å². The monoisotopic (exact) mass is 365 g/mol. The minimum atomic E-state index is -0.808. The summed E-state index contributed by atoms with van der Waals surface area (Å²) in [5, 5.41) is 10.9. The molecule has 140 valence electrons. The Morgan fingerprint density at radius 3 is 2.44 bits per heavy atom. The lowest BCUT2D eigenvalue weighted by Gasteiger charge is -2.38. The Labute approximate surface area is 158 Å². The van der Waals surface area contributed by atoms with Gasteiger partial charge in [-0.2, -0.15) is 0 Å². The van der Waals surface area contributed by atoms with Gasteiger partial charge in [-0.15, -0.1) is 0 Å². The Kier molecular flexibility index (Phi) is 4.73. The smallest absolute Gasteiger partial charge is 0.325 e. The number of aliphatic carboxylic acids is 1. The average Bonchev–Trinajstić information content (AvgIpc) is 3.12. The van der Waals surface area contributed by atoms with Crippen molar-refractivity contribution in [2.24, 2.45) is 0 Å². The van der Waals surface area contributed by atoms with Crippen molar-refractivity contribution in [1.29, 1.82) is 0 Å². The standard InChI is InChI=1S/C21H23N3O3/c1-27-16-8-6-15(7-9-16)23-10-12-24(13-11-23)20(21(25)26)18-14-22-19-5-3-2-4-17(18)19/h2-9,14,20,22H,10-13H2,1H3,(H,25,26)/t20-/m0/s1. The Bertz CT molecular complexity index is 927. The zero-order valence-corrected chi connectivity index (χ0v) is 15.3. The minimum Gasteiger partial charge on any atom is -0.497 e. The average molecular weight is 365 g/mol. The maximum atomic E-state index is 12.1. The number of anilines is 1. The number of rotatable bonds is 5. The summed E-state index contributed by atoms with van der Waals surface area (Å²) < 4.78 is 5.21. The summed E-state index contributed by atoms with van der Waals surface area (Å²) in [6, 6.07) is 15.2. The van der Waals surface area contributed by atoms with Crippen LogP contribution in [0.15, 0.2) is 54.7 Å². The lowest BCUT2D eigenvalue weighted by Crippen LogP contribution is -2.49. The van der Waals surface area contributed by atoms with Gasteiger partial charge in [0, 0.05) is 54.5 Å². The first-order chi connectivity index (χ1) is 13.2. The highest BCUT2D eigenvalue weighted by molar-refractivity contribution is 5.89. The van der Waals surface area contributed by atoms with Crippen LogP contribution < -0.4 is 9.64 Å². The van der Waals surface area contributed by atoms with Crippen molar-refractivity contribution >= 4 is 22.6 Å². The number of aromatic amines is 1. The molecule has 1 atom stereocenters. The van der Waals surface area contributed by atoms with Crippen LogP contribution in [0.2, 0.25) is 0 Å². The number of nitrogens with zero attached hydrogens (tertiary/aromatic N) is 2. The number of carbonyl (C=O) groups is 1. The highest BCUT2D eigenvalue weighted by atomic mass is 16.5. The van der Waals surface area contributed by atoms with E-state index in [0.717, 1.165) is 41.0 Å². The molecule has 6 heteroatoms. The maximum Gasteiger partial charge on any atom is 0.325 e. The van der Waals surface area contributed by atoms with Crippen LogP contribution in [0.4, 0.5) is 5.69 Å². The number of hydrogen-bond acceptors (Lipinski definition) is 4. The molecule has 2 aromatic carbocycles. The Hall–Kier alpha value is -2.99. The van der Waals surface area contributed by atoms with Crippen LogP contribution in [0, 0.1) is 0 Å². The molecule has 1 aromatic heterocycles. The summed E-state index contributed by atoms with van der Waals surface area (Å²) in [6.07, 6.45) is 1.83. The number of fused-ring (bicyclic) bond motifs is 1. The molecule has 1 saturated heterocycles. The molecule has 2 heterocycles. The van der Waals surface area contributed by atoms with Crippen LogP contribution in [0.5, 0.6) is 5.75 Å². The van der Waals surface area contributed by atoms with Gasteiger partial charge in [-0.05, 0) is 30.3 Å². The van der Waals surface area contributed by atoms with Crippen molar-refractivity contribution in [2.75, 3.05) is 38.2 Å². The number of methoxy groups -OCH3 is 1. The molecule has 4 rings (SSSR count). The van der Waals surface area contributed by atoms with Crippen molar-refractivity contribution < 1.29 is 14.6 Å². The second-order valence-electron chi connectivity index (χ2n) is 6.75. The molecule has 1 aliphatic heterocycles. The quantitative estimate of drug-likeness (QED) is 0.727. The lowest BCUT2D eigenvalue weighted by molar-refractivity contribution is -0.143. The number of piperazine rings is 1. The van der Waals surface area contributed by atoms with E-state index in [1.165, 1.54) is 0 Å². The number of carboxylic acid groups (broad SMARTS) is 1. The number of benzene rings is 2. The first-order valence-electron chi connectivity index (χ1n) is 9.09. The predicted octanol–water partition coefficient (Wildman–Crippen LogP) is 3.12. The number of carboxylic acids is 1. The maximum absolute atomic E-state index is 12.1.